The molecule has 17 N–H and O–H groups in total. The number of primary amides is 4. The van der Waals surface area contributed by atoms with Crippen molar-refractivity contribution in [1.82, 2.24) is 42.1 Å². The maximum Gasteiger partial charge on any atom is 0.245 e. The zero-order valence-corrected chi connectivity index (χ0v) is 42.7. The van der Waals surface area contributed by atoms with Crippen LogP contribution in [0.1, 0.15) is 129 Å². The second-order valence-corrected chi connectivity index (χ2v) is 19.3. The van der Waals surface area contributed by atoms with Crippen molar-refractivity contribution in [2.75, 3.05) is 13.2 Å². The highest BCUT2D eigenvalue weighted by molar-refractivity contribution is 6.00. The normalized spacial score (nSPS) is 24.3. The number of unbranched alkanes of at least 4 members (excludes halogenated alkanes) is 5. The fraction of sp³-hybridized carbons (Fsp3) is 0.633. The summed E-state index contributed by atoms with van der Waals surface area (Å²) in [5.41, 5.74) is 22.2. The summed E-state index contributed by atoms with van der Waals surface area (Å²) in [5, 5.41) is 37.3. The highest BCUT2D eigenvalue weighted by Crippen LogP contribution is 2.21. The molecule has 0 saturated carbocycles. The van der Waals surface area contributed by atoms with E-state index in [2.05, 4.69) is 51.1 Å². The number of carbonyl (C=O) groups excluding carboxylic acids is 12. The SMILES string of the molecule is CCC(C)CCCCCCCCC1CC(=O)NC(CC(N)=O)C(=O)N[C@H](Cc2ccc(O)cc2)C(=O)NC(CC(N)=O)C(=O)NC(CCC(N)=O)C(=O)N2CCC[C@H]2C(=O)NC(CC(N)=O)C(=O)N[C@@H](CO)C(=O)N1. The van der Waals surface area contributed by atoms with E-state index in [1.54, 1.807) is 0 Å². The third-order valence-electron chi connectivity index (χ3n) is 13.1. The largest absolute Gasteiger partial charge is 0.508 e. The van der Waals surface area contributed by atoms with Crippen LogP contribution in [0.2, 0.25) is 0 Å². The molecule has 26 heteroatoms. The number of nitrogens with zero attached hydrogens (tertiary/aromatic N) is 1. The second-order valence-electron chi connectivity index (χ2n) is 19.3. The lowest BCUT2D eigenvalue weighted by Crippen LogP contribution is -2.60. The van der Waals surface area contributed by atoms with Gasteiger partial charge in [-0.3, -0.25) is 57.5 Å². The van der Waals surface area contributed by atoms with Crippen molar-refractivity contribution in [2.24, 2.45) is 28.9 Å². The van der Waals surface area contributed by atoms with Gasteiger partial charge < -0.3 is 75.3 Å². The highest BCUT2D eigenvalue weighted by Gasteiger charge is 2.41. The molecule has 0 bridgehead atoms. The van der Waals surface area contributed by atoms with E-state index in [1.165, 1.54) is 24.3 Å². The van der Waals surface area contributed by atoms with Crippen LogP contribution in [-0.4, -0.2) is 147 Å². The molecule has 1 aromatic carbocycles. The average molecular weight is 1060 g/mol. The van der Waals surface area contributed by atoms with Crippen molar-refractivity contribution < 1.29 is 67.7 Å². The Morgan fingerprint density at radius 2 is 1.08 bits per heavy atom. The molecule has 2 aliphatic heterocycles. The van der Waals surface area contributed by atoms with Crippen LogP contribution in [0, 0.1) is 5.92 Å². The van der Waals surface area contributed by atoms with Crippen molar-refractivity contribution in [3.8, 4) is 5.75 Å². The lowest BCUT2D eigenvalue weighted by molar-refractivity contribution is -0.143. The predicted octanol–water partition coefficient (Wildman–Crippen LogP) is -3.23. The summed E-state index contributed by atoms with van der Waals surface area (Å²) in [6.07, 6.45) is 3.35. The molecule has 1 aromatic rings. The first-order chi connectivity index (χ1) is 35.5. The van der Waals surface area contributed by atoms with Crippen LogP contribution in [0.25, 0.3) is 0 Å². The van der Waals surface area contributed by atoms with Gasteiger partial charge in [-0.25, -0.2) is 0 Å². The van der Waals surface area contributed by atoms with E-state index in [0.717, 1.165) is 43.4 Å². The first kappa shape index (κ1) is 61.9. The van der Waals surface area contributed by atoms with Crippen molar-refractivity contribution in [2.45, 2.75) is 178 Å². The van der Waals surface area contributed by atoms with Crippen LogP contribution in [0.4, 0.5) is 0 Å². The van der Waals surface area contributed by atoms with Crippen LogP contribution in [0.3, 0.4) is 0 Å². The van der Waals surface area contributed by atoms with Crippen molar-refractivity contribution in [3.05, 3.63) is 29.8 Å². The number of hydrogen-bond acceptors (Lipinski definition) is 14. The molecule has 416 valence electrons. The van der Waals surface area contributed by atoms with E-state index in [-0.39, 0.29) is 38.0 Å². The van der Waals surface area contributed by atoms with Crippen molar-refractivity contribution in [1.29, 1.82) is 0 Å². The molecular formula is C49H76N12O14. The van der Waals surface area contributed by atoms with Gasteiger partial charge in [-0.1, -0.05) is 77.3 Å². The van der Waals surface area contributed by atoms with E-state index in [4.69, 9.17) is 22.9 Å². The van der Waals surface area contributed by atoms with Gasteiger partial charge in [0.15, 0.2) is 0 Å². The van der Waals surface area contributed by atoms with Gasteiger partial charge in [-0.15, -0.1) is 0 Å². The molecule has 0 aliphatic carbocycles. The molecule has 0 spiro atoms. The number of carbonyl (C=O) groups is 12. The summed E-state index contributed by atoms with van der Waals surface area (Å²) >= 11 is 0. The lowest BCUT2D eigenvalue weighted by Gasteiger charge is -2.31. The van der Waals surface area contributed by atoms with Crippen LogP contribution < -0.4 is 60.2 Å². The van der Waals surface area contributed by atoms with Crippen molar-refractivity contribution >= 4 is 70.9 Å². The Kier molecular flexibility index (Phi) is 25.9. The molecule has 3 rings (SSSR count). The number of fused-ring (bicyclic) bond motifs is 1. The zero-order chi connectivity index (χ0) is 55.8. The second kappa shape index (κ2) is 31.4. The Morgan fingerprint density at radius 3 is 1.63 bits per heavy atom. The summed E-state index contributed by atoms with van der Waals surface area (Å²) in [6.45, 7) is 3.24. The fourth-order valence-electron chi connectivity index (χ4n) is 8.71. The van der Waals surface area contributed by atoms with E-state index >= 15 is 0 Å². The Morgan fingerprint density at radius 1 is 0.600 bits per heavy atom. The monoisotopic (exact) mass is 1060 g/mol. The zero-order valence-electron chi connectivity index (χ0n) is 42.7. The number of phenolic OH excluding ortho intramolecular Hbond substituents is 1. The molecule has 0 aromatic heterocycles. The smallest absolute Gasteiger partial charge is 0.245 e. The summed E-state index contributed by atoms with van der Waals surface area (Å²) in [7, 11) is 0. The van der Waals surface area contributed by atoms with Gasteiger partial charge in [0.05, 0.1) is 25.9 Å². The highest BCUT2D eigenvalue weighted by atomic mass is 16.3. The van der Waals surface area contributed by atoms with Gasteiger partial charge in [-0.05, 0) is 49.3 Å². The minimum absolute atomic E-state index is 0.00262. The number of amides is 12. The lowest BCUT2D eigenvalue weighted by atomic mass is 9.99. The molecule has 26 nitrogen and oxygen atoms in total. The van der Waals surface area contributed by atoms with E-state index in [9.17, 15) is 67.7 Å². The number of phenols is 1. The average Bonchev–Trinajstić information content (AvgIpc) is 3.84. The van der Waals surface area contributed by atoms with Crippen LogP contribution in [0.15, 0.2) is 24.3 Å². The number of aliphatic hydroxyl groups excluding tert-OH is 1. The summed E-state index contributed by atoms with van der Waals surface area (Å²) < 4.78 is 0. The van der Waals surface area contributed by atoms with E-state index < -0.39 is 164 Å². The van der Waals surface area contributed by atoms with E-state index in [1.807, 2.05) is 0 Å². The standard InChI is InChI=1S/C49H76N12O14/c1-3-27(2)11-8-6-4-5-7-9-12-29-22-42(68)55-33(23-39(51)65)44(70)57-32(21-28-14-16-30(63)17-15-28)43(69)58-34(24-40(52)66)45(71)56-31(18-19-38(50)64)49(75)61-20-10-13-37(61)48(74)59-35(25-41(53)67)46(72)60-36(26-62)47(73)54-29/h14-17,27,29,31-37,62-63H,3-13,18-26H2,1-2H3,(H2,50,64)(H2,51,65)(H2,52,66)(H2,53,67)(H,54,73)(H,55,68)(H,56,71)(H,57,70)(H,58,69)(H,59,74)(H,60,72)/t27?,29?,31?,32-,33?,34?,35?,36+,37+/m1/s1. The Balaban J connectivity index is 2.12. The summed E-state index contributed by atoms with van der Waals surface area (Å²) in [4.78, 5) is 162. The molecule has 2 heterocycles. The van der Waals surface area contributed by atoms with Gasteiger partial charge >= 0.3 is 0 Å². The van der Waals surface area contributed by atoms with Gasteiger partial charge in [-0.2, -0.15) is 0 Å². The topological polar surface area (TPSA) is 437 Å². The minimum Gasteiger partial charge on any atom is -0.508 e. The molecule has 2 fully saturated rings. The molecule has 2 aliphatic rings. The Labute approximate surface area is 435 Å². The molecule has 75 heavy (non-hydrogen) atoms. The molecule has 0 radical (unpaired) electrons. The van der Waals surface area contributed by atoms with E-state index in [0.29, 0.717) is 24.3 Å². The first-order valence-electron chi connectivity index (χ1n) is 25.5. The fourth-order valence-corrected chi connectivity index (χ4v) is 8.71. The van der Waals surface area contributed by atoms with Crippen LogP contribution in [0.5, 0.6) is 5.75 Å². The van der Waals surface area contributed by atoms with Gasteiger partial charge in [0.25, 0.3) is 0 Å². The predicted molar refractivity (Wildman–Crippen MR) is 268 cm³/mol. The number of nitrogens with one attached hydrogen (secondary N) is 7. The minimum atomic E-state index is -1.86. The number of hydrogen-bond donors (Lipinski definition) is 13. The number of nitrogens with two attached hydrogens (primary N) is 4. The Bertz CT molecular complexity index is 2200. The summed E-state index contributed by atoms with van der Waals surface area (Å²) in [6, 6.07) is -7.36. The molecular weight excluding hydrogens is 981 g/mol. The number of aliphatic hydroxyl groups is 1. The maximum atomic E-state index is 14.3. The quantitative estimate of drug-likeness (QED) is 0.0509. The number of rotatable bonds is 22. The maximum absolute atomic E-state index is 14.3. The number of aromatic hydroxyl groups is 1. The Hall–Kier alpha value is -7.38. The van der Waals surface area contributed by atoms with Gasteiger partial charge in [0.1, 0.15) is 48.0 Å². The molecule has 9 atom stereocenters. The third kappa shape index (κ3) is 21.9. The van der Waals surface area contributed by atoms with Crippen molar-refractivity contribution in [3.63, 3.8) is 0 Å². The summed E-state index contributed by atoms with van der Waals surface area (Å²) in [5.74, 6) is -12.0. The molecule has 2 saturated heterocycles. The number of benzene rings is 1. The van der Waals surface area contributed by atoms with Crippen LogP contribution >= 0.6 is 0 Å². The first-order valence-corrected chi connectivity index (χ1v) is 25.5. The molecule has 12 amide bonds. The third-order valence-corrected chi connectivity index (χ3v) is 13.1. The molecule has 6 unspecified atom stereocenters. The van der Waals surface area contributed by atoms with Crippen LogP contribution in [-0.2, 0) is 64.0 Å². The van der Waals surface area contributed by atoms with Gasteiger partial charge in [0, 0.05) is 31.8 Å². The van der Waals surface area contributed by atoms with Gasteiger partial charge in [0.2, 0.25) is 70.9 Å².